The first-order valence-electron chi connectivity index (χ1n) is 13.9. The van der Waals surface area contributed by atoms with Crippen molar-refractivity contribution in [3.8, 4) is 0 Å². The van der Waals surface area contributed by atoms with Gasteiger partial charge in [-0.3, -0.25) is 14.5 Å². The molecule has 5 N–H and O–H groups in total. The number of carbonyl (C=O) groups excluding carboxylic acids is 2. The fourth-order valence-electron chi connectivity index (χ4n) is 6.47. The first kappa shape index (κ1) is 27.6. The van der Waals surface area contributed by atoms with Crippen LogP contribution in [0.15, 0.2) is 24.3 Å². The van der Waals surface area contributed by atoms with Crippen molar-refractivity contribution in [3.05, 3.63) is 46.2 Å². The topological polar surface area (TPSA) is 134 Å². The Kier molecular flexibility index (Phi) is 7.98. The zero-order chi connectivity index (χ0) is 27.7. The number of hydrogen-bond donors (Lipinski definition) is 3. The van der Waals surface area contributed by atoms with Crippen LogP contribution in [0.5, 0.6) is 0 Å². The number of anilines is 2. The maximum atomic E-state index is 13.6. The SMILES string of the molecule is CC[C@H]1CN(c2nc(N)c(C(=O)NC)nc2Cl)CCN1C1CCN(C(=O)C2(N)CCc3ccccc3C2)CC1. The minimum absolute atomic E-state index is 0.0370. The highest BCUT2D eigenvalue weighted by molar-refractivity contribution is 6.32. The first-order chi connectivity index (χ1) is 18.7. The van der Waals surface area contributed by atoms with Gasteiger partial charge in [0.05, 0.1) is 5.54 Å². The fraction of sp³-hybridized carbons (Fsp3) is 0.571. The minimum Gasteiger partial charge on any atom is -0.382 e. The summed E-state index contributed by atoms with van der Waals surface area (Å²) >= 11 is 6.45. The van der Waals surface area contributed by atoms with Crippen molar-refractivity contribution in [2.45, 2.75) is 63.1 Å². The summed E-state index contributed by atoms with van der Waals surface area (Å²) in [6.45, 7) is 5.98. The Balaban J connectivity index is 1.20. The average Bonchev–Trinajstić information content (AvgIpc) is 2.97. The number of likely N-dealkylation sites (tertiary alicyclic amines) is 1. The van der Waals surface area contributed by atoms with Crippen LogP contribution in [0.25, 0.3) is 0 Å². The van der Waals surface area contributed by atoms with Gasteiger partial charge in [0.25, 0.3) is 5.91 Å². The van der Waals surface area contributed by atoms with E-state index in [1.807, 2.05) is 11.0 Å². The predicted octanol–water partition coefficient (Wildman–Crippen LogP) is 1.85. The molecule has 210 valence electrons. The highest BCUT2D eigenvalue weighted by atomic mass is 35.5. The van der Waals surface area contributed by atoms with E-state index < -0.39 is 11.4 Å². The van der Waals surface area contributed by atoms with Gasteiger partial charge in [-0.25, -0.2) is 9.97 Å². The summed E-state index contributed by atoms with van der Waals surface area (Å²) in [5.41, 5.74) is 14.5. The van der Waals surface area contributed by atoms with Gasteiger partial charge < -0.3 is 26.6 Å². The summed E-state index contributed by atoms with van der Waals surface area (Å²) in [7, 11) is 1.51. The number of carbonyl (C=O) groups is 2. The third-order valence-corrected chi connectivity index (χ3v) is 8.97. The van der Waals surface area contributed by atoms with E-state index >= 15 is 0 Å². The number of fused-ring (bicyclic) bond motifs is 1. The predicted molar refractivity (Wildman–Crippen MR) is 153 cm³/mol. The molecular weight excluding hydrogens is 516 g/mol. The van der Waals surface area contributed by atoms with Gasteiger partial charge in [0.15, 0.2) is 22.5 Å². The van der Waals surface area contributed by atoms with Crippen LogP contribution in [0, 0.1) is 0 Å². The van der Waals surface area contributed by atoms with E-state index in [9.17, 15) is 9.59 Å². The van der Waals surface area contributed by atoms with Crippen molar-refractivity contribution in [1.29, 1.82) is 0 Å². The lowest BCUT2D eigenvalue weighted by atomic mass is 9.77. The number of aryl methyl sites for hydroxylation is 1. The molecule has 11 heteroatoms. The molecule has 0 saturated carbocycles. The summed E-state index contributed by atoms with van der Waals surface area (Å²) < 4.78 is 0. The molecule has 2 fully saturated rings. The van der Waals surface area contributed by atoms with Gasteiger partial charge >= 0.3 is 0 Å². The maximum absolute atomic E-state index is 13.6. The smallest absolute Gasteiger partial charge is 0.273 e. The number of amides is 2. The van der Waals surface area contributed by atoms with E-state index in [-0.39, 0.29) is 22.6 Å². The van der Waals surface area contributed by atoms with Gasteiger partial charge in [-0.15, -0.1) is 0 Å². The second-order valence-electron chi connectivity index (χ2n) is 11.0. The molecular formula is C28H39ClN8O2. The number of piperidine rings is 1. The fourth-order valence-corrected chi connectivity index (χ4v) is 6.72. The van der Waals surface area contributed by atoms with Crippen LogP contribution < -0.4 is 21.7 Å². The highest BCUT2D eigenvalue weighted by Gasteiger charge is 2.42. The van der Waals surface area contributed by atoms with E-state index in [4.69, 9.17) is 23.1 Å². The normalized spacial score (nSPS) is 24.4. The molecule has 0 radical (unpaired) electrons. The van der Waals surface area contributed by atoms with E-state index in [1.165, 1.54) is 18.2 Å². The molecule has 10 nitrogen and oxygen atoms in total. The second kappa shape index (κ2) is 11.3. The number of benzene rings is 1. The molecule has 0 bridgehead atoms. The number of piperazine rings is 1. The summed E-state index contributed by atoms with van der Waals surface area (Å²) in [5.74, 6) is 0.268. The van der Waals surface area contributed by atoms with E-state index in [0.29, 0.717) is 30.7 Å². The second-order valence-corrected chi connectivity index (χ2v) is 11.4. The first-order valence-corrected chi connectivity index (χ1v) is 14.3. The molecule has 1 unspecified atom stereocenters. The van der Waals surface area contributed by atoms with E-state index in [1.54, 1.807) is 0 Å². The minimum atomic E-state index is -0.811. The Morgan fingerprint density at radius 2 is 1.85 bits per heavy atom. The third kappa shape index (κ3) is 5.42. The molecule has 1 aromatic heterocycles. The Bertz CT molecular complexity index is 1230. The number of rotatable bonds is 5. The quantitative estimate of drug-likeness (QED) is 0.510. The zero-order valence-corrected chi connectivity index (χ0v) is 23.6. The van der Waals surface area contributed by atoms with E-state index in [0.717, 1.165) is 58.4 Å². The van der Waals surface area contributed by atoms with Crippen LogP contribution >= 0.6 is 11.6 Å². The number of nitrogens with two attached hydrogens (primary N) is 2. The van der Waals surface area contributed by atoms with Crippen LogP contribution in [0.3, 0.4) is 0 Å². The molecule has 0 spiro atoms. The van der Waals surface area contributed by atoms with Gasteiger partial charge in [-0.1, -0.05) is 42.8 Å². The lowest BCUT2D eigenvalue weighted by molar-refractivity contribution is -0.139. The van der Waals surface area contributed by atoms with Crippen molar-refractivity contribution >= 4 is 35.1 Å². The molecule has 1 aromatic carbocycles. The molecule has 2 aliphatic heterocycles. The Morgan fingerprint density at radius 3 is 2.54 bits per heavy atom. The van der Waals surface area contributed by atoms with Crippen molar-refractivity contribution in [2.75, 3.05) is 50.4 Å². The maximum Gasteiger partial charge on any atom is 0.273 e. The van der Waals surface area contributed by atoms with Gasteiger partial charge in [0.1, 0.15) is 0 Å². The number of aromatic nitrogens is 2. The lowest BCUT2D eigenvalue weighted by Gasteiger charge is -2.48. The number of hydrogen-bond acceptors (Lipinski definition) is 8. The average molecular weight is 555 g/mol. The molecule has 1 aliphatic carbocycles. The molecule has 2 aromatic rings. The molecule has 2 amide bonds. The van der Waals surface area contributed by atoms with Gasteiger partial charge in [-0.2, -0.15) is 0 Å². The van der Waals surface area contributed by atoms with Crippen molar-refractivity contribution < 1.29 is 9.59 Å². The molecule has 3 aliphatic rings. The van der Waals surface area contributed by atoms with Crippen molar-refractivity contribution in [2.24, 2.45) is 5.73 Å². The molecule has 3 heterocycles. The largest absolute Gasteiger partial charge is 0.382 e. The van der Waals surface area contributed by atoms with Crippen molar-refractivity contribution in [1.82, 2.24) is 25.1 Å². The van der Waals surface area contributed by atoms with Crippen LogP contribution in [0.2, 0.25) is 5.15 Å². The number of nitrogen functional groups attached to an aromatic ring is 1. The summed E-state index contributed by atoms with van der Waals surface area (Å²) in [4.78, 5) is 40.9. The van der Waals surface area contributed by atoms with Gasteiger partial charge in [-0.05, 0) is 49.7 Å². The molecule has 2 atom stereocenters. The Labute approximate surface area is 235 Å². The van der Waals surface area contributed by atoms with Crippen LogP contribution in [-0.4, -0.2) is 89.0 Å². The lowest BCUT2D eigenvalue weighted by Crippen LogP contribution is -2.62. The molecule has 5 rings (SSSR count). The zero-order valence-electron chi connectivity index (χ0n) is 22.8. The number of nitrogens with one attached hydrogen (secondary N) is 1. The number of nitrogens with zero attached hydrogens (tertiary/aromatic N) is 5. The Morgan fingerprint density at radius 1 is 1.13 bits per heavy atom. The highest BCUT2D eigenvalue weighted by Crippen LogP contribution is 2.32. The summed E-state index contributed by atoms with van der Waals surface area (Å²) in [6, 6.07) is 9.04. The third-order valence-electron chi connectivity index (χ3n) is 8.72. The van der Waals surface area contributed by atoms with Gasteiger partial charge in [0.2, 0.25) is 5.91 Å². The van der Waals surface area contributed by atoms with Crippen LogP contribution in [-0.2, 0) is 17.6 Å². The van der Waals surface area contributed by atoms with Crippen LogP contribution in [0.4, 0.5) is 11.6 Å². The van der Waals surface area contributed by atoms with Gasteiger partial charge in [0, 0.05) is 51.9 Å². The van der Waals surface area contributed by atoms with Crippen LogP contribution in [0.1, 0.15) is 54.2 Å². The summed E-state index contributed by atoms with van der Waals surface area (Å²) in [6.07, 6.45) is 5.00. The Hall–Kier alpha value is -2.95. The van der Waals surface area contributed by atoms with Crippen molar-refractivity contribution in [3.63, 3.8) is 0 Å². The molecule has 39 heavy (non-hydrogen) atoms. The number of halogens is 1. The molecule has 2 saturated heterocycles. The van der Waals surface area contributed by atoms with E-state index in [2.05, 4.69) is 50.2 Å². The summed E-state index contributed by atoms with van der Waals surface area (Å²) in [5, 5.41) is 2.69. The standard InChI is InChI=1S/C28H39ClN8O2/c1-3-20-17-36(25-23(29)33-22(24(30)34-25)26(38)32-2)14-15-37(20)21-9-12-35(13-10-21)27(39)28(31)11-8-18-6-4-5-7-19(18)16-28/h4-7,20-21H,3,8-17,31H2,1-2H3,(H2,30,34)(H,32,38)/t20-,28?/m0/s1. The monoisotopic (exact) mass is 554 g/mol.